The fraction of sp³-hybridized carbons (Fsp3) is 0.485. The third-order valence-corrected chi connectivity index (χ3v) is 7.54. The topological polar surface area (TPSA) is 0 Å². The molecule has 0 atom stereocenters. The van der Waals surface area contributed by atoms with Crippen LogP contribution >= 0.6 is 0 Å². The van der Waals surface area contributed by atoms with E-state index in [1.54, 1.807) is 11.1 Å². The Morgan fingerprint density at radius 3 is 1.97 bits per heavy atom. The maximum absolute atomic E-state index is 3.84. The number of allylic oxidation sites excluding steroid dienone is 4. The van der Waals surface area contributed by atoms with E-state index in [9.17, 15) is 0 Å². The summed E-state index contributed by atoms with van der Waals surface area (Å²) in [6.45, 7) is 4.17. The van der Waals surface area contributed by atoms with Gasteiger partial charge in [-0.05, 0) is 55.1 Å². The van der Waals surface area contributed by atoms with E-state index in [0.29, 0.717) is 0 Å². The molecule has 0 aliphatic heterocycles. The fourth-order valence-corrected chi connectivity index (χ4v) is 5.84. The molecule has 0 radical (unpaired) electrons. The second-order valence-electron chi connectivity index (χ2n) is 10.6. The Kier molecular flexibility index (Phi) is 14.0. The van der Waals surface area contributed by atoms with Gasteiger partial charge in [-0.1, -0.05) is 62.3 Å². The number of hydrogen-bond donors (Lipinski definition) is 0. The molecular weight excluding hydrogens is 515 g/mol. The number of fused-ring (bicyclic) bond motifs is 3. The first-order valence-electron chi connectivity index (χ1n) is 13.5. The first-order chi connectivity index (χ1) is 16.6. The molecule has 36 heavy (non-hydrogen) atoms. The number of hydrogen-bond acceptors (Lipinski definition) is 0. The first kappa shape index (κ1) is 31.3. The van der Waals surface area contributed by atoms with Crippen molar-refractivity contribution >= 4 is 3.81 Å². The SMILES string of the molecule is C[C](C)=[Ti+2].[C-]1=CC=CC1.[Cl-].[Cl-].[c-]1c(C2CCCCC2)ccc2c1Cc1cc(C3CCCCC3)ccc1-2. The molecule has 4 aliphatic carbocycles. The van der Waals surface area contributed by atoms with Gasteiger partial charge >= 0.3 is 37.6 Å². The van der Waals surface area contributed by atoms with Crippen LogP contribution in [0.4, 0.5) is 0 Å². The van der Waals surface area contributed by atoms with Crippen LogP contribution in [0.25, 0.3) is 11.1 Å². The first-order valence-corrected chi connectivity index (χ1v) is 14.3. The van der Waals surface area contributed by atoms with E-state index in [-0.39, 0.29) is 24.8 Å². The van der Waals surface area contributed by atoms with E-state index in [4.69, 9.17) is 0 Å². The quantitative estimate of drug-likeness (QED) is 0.337. The zero-order chi connectivity index (χ0) is 23.8. The van der Waals surface area contributed by atoms with Crippen molar-refractivity contribution in [3.8, 4) is 11.1 Å². The van der Waals surface area contributed by atoms with Crippen molar-refractivity contribution in [1.82, 2.24) is 0 Å². The standard InChI is InChI=1S/C25H29.C5H5.C3H6.2ClH.Ti/c1-3-7-18(8-4-1)20-11-13-24-22(15-20)17-23-16-21(12-14-25(23)24)19-9-5-2-6-10-19;1-2-4-5-3-1;1-3-2;;;/h11-15,18-19H,1-10,17H2;1-3H,4H2;1-2H3;2*1H;/q2*-1;;;;+2/p-2. The summed E-state index contributed by atoms with van der Waals surface area (Å²) in [5, 5.41) is 0. The second kappa shape index (κ2) is 16.1. The zero-order valence-electron chi connectivity index (χ0n) is 22.0. The van der Waals surface area contributed by atoms with Crippen molar-refractivity contribution in [2.24, 2.45) is 0 Å². The summed E-state index contributed by atoms with van der Waals surface area (Å²) in [4.78, 5) is 0. The van der Waals surface area contributed by atoms with Crippen molar-refractivity contribution in [2.45, 2.75) is 103 Å². The summed E-state index contributed by atoms with van der Waals surface area (Å²) in [5.74, 6) is 1.57. The zero-order valence-corrected chi connectivity index (χ0v) is 25.1. The average molecular weight is 555 g/mol. The smallest absolute Gasteiger partial charge is 0.0162 e. The average Bonchev–Trinajstić information content (AvgIpc) is 3.56. The van der Waals surface area contributed by atoms with Gasteiger partial charge in [0.05, 0.1) is 0 Å². The van der Waals surface area contributed by atoms with E-state index < -0.39 is 0 Å². The molecule has 0 spiro atoms. The van der Waals surface area contributed by atoms with Crippen molar-refractivity contribution in [2.75, 3.05) is 0 Å². The molecule has 4 aliphatic rings. The van der Waals surface area contributed by atoms with Gasteiger partial charge in [0.25, 0.3) is 0 Å². The van der Waals surface area contributed by atoms with Crippen LogP contribution in [0.15, 0.2) is 48.6 Å². The molecule has 2 aromatic carbocycles. The van der Waals surface area contributed by atoms with Crippen LogP contribution in [0.3, 0.4) is 0 Å². The Balaban J connectivity index is 0.000000357. The Morgan fingerprint density at radius 2 is 1.42 bits per heavy atom. The molecule has 0 aromatic heterocycles. The molecule has 2 saturated carbocycles. The molecule has 192 valence electrons. The molecule has 0 unspecified atom stereocenters. The van der Waals surface area contributed by atoms with Gasteiger partial charge in [0.1, 0.15) is 0 Å². The van der Waals surface area contributed by atoms with Crippen LogP contribution in [0.5, 0.6) is 0 Å². The molecule has 0 N–H and O–H groups in total. The third-order valence-electron chi connectivity index (χ3n) is 7.54. The minimum atomic E-state index is 0. The maximum Gasteiger partial charge on any atom is -0.0162 e. The predicted molar refractivity (Wildman–Crippen MR) is 143 cm³/mol. The molecule has 3 heteroatoms. The third kappa shape index (κ3) is 8.84. The van der Waals surface area contributed by atoms with Gasteiger partial charge in [-0.25, -0.2) is 12.2 Å². The van der Waals surface area contributed by atoms with Crippen LogP contribution in [0.2, 0.25) is 0 Å². The van der Waals surface area contributed by atoms with Gasteiger partial charge < -0.3 is 24.8 Å². The van der Waals surface area contributed by atoms with Gasteiger partial charge in [0, 0.05) is 0 Å². The Morgan fingerprint density at radius 1 is 0.806 bits per heavy atom. The van der Waals surface area contributed by atoms with Crippen molar-refractivity contribution < 1.29 is 44.8 Å². The van der Waals surface area contributed by atoms with Gasteiger partial charge in [-0.2, -0.15) is 29.8 Å². The Bertz CT molecular complexity index is 944. The molecule has 0 amide bonds. The Labute approximate surface area is 244 Å². The Hall–Kier alpha value is -0.916. The fourth-order valence-electron chi connectivity index (χ4n) is 5.84. The van der Waals surface area contributed by atoms with E-state index in [1.165, 1.54) is 90.3 Å². The van der Waals surface area contributed by atoms with Gasteiger partial charge in [-0.3, -0.25) is 6.08 Å². The molecule has 0 saturated heterocycles. The maximum atomic E-state index is 3.84. The predicted octanol–water partition coefficient (Wildman–Crippen LogP) is 3.21. The van der Waals surface area contributed by atoms with Crippen molar-refractivity contribution in [1.29, 1.82) is 0 Å². The van der Waals surface area contributed by atoms with Gasteiger partial charge in [-0.15, -0.1) is 17.5 Å². The van der Waals surface area contributed by atoms with Crippen LogP contribution in [0.1, 0.15) is 119 Å². The molecule has 0 bridgehead atoms. The molecule has 0 heterocycles. The monoisotopic (exact) mass is 554 g/mol. The van der Waals surface area contributed by atoms with Gasteiger partial charge in [0.2, 0.25) is 0 Å². The van der Waals surface area contributed by atoms with Crippen molar-refractivity contribution in [3.05, 3.63) is 83.0 Å². The van der Waals surface area contributed by atoms with E-state index in [0.717, 1.165) is 24.7 Å². The molecule has 6 rings (SSSR count). The van der Waals surface area contributed by atoms with Crippen LogP contribution in [-0.4, -0.2) is 3.81 Å². The molecule has 2 fully saturated rings. The molecule has 0 nitrogen and oxygen atoms in total. The van der Waals surface area contributed by atoms with Crippen molar-refractivity contribution in [3.63, 3.8) is 0 Å². The van der Waals surface area contributed by atoms with Crippen LogP contribution in [-0.2, 0) is 26.4 Å². The van der Waals surface area contributed by atoms with Crippen LogP contribution in [0, 0.1) is 12.1 Å². The minimum Gasteiger partial charge on any atom is -1.00 e. The van der Waals surface area contributed by atoms with Gasteiger partial charge in [0.15, 0.2) is 0 Å². The summed E-state index contributed by atoms with van der Waals surface area (Å²) in [7, 11) is 0. The van der Waals surface area contributed by atoms with E-state index in [2.05, 4.69) is 82.4 Å². The second-order valence-corrected chi connectivity index (χ2v) is 12.1. The minimum absolute atomic E-state index is 0. The number of halogens is 2. The molecule has 2 aromatic rings. The van der Waals surface area contributed by atoms with E-state index >= 15 is 0 Å². The number of rotatable bonds is 2. The molecular formula is C33H40Cl2Ti-2. The summed E-state index contributed by atoms with van der Waals surface area (Å²) >= 11 is 2.08. The number of benzene rings is 2. The van der Waals surface area contributed by atoms with E-state index in [1.807, 2.05) is 12.2 Å². The van der Waals surface area contributed by atoms with Crippen LogP contribution < -0.4 is 24.8 Å². The summed E-state index contributed by atoms with van der Waals surface area (Å²) in [6, 6.07) is 16.0. The largest absolute Gasteiger partial charge is 1.00 e. The normalized spacial score (nSPS) is 17.9. The summed E-state index contributed by atoms with van der Waals surface area (Å²) in [6.07, 6.45) is 25.1. The summed E-state index contributed by atoms with van der Waals surface area (Å²) < 4.78 is 1.42. The summed E-state index contributed by atoms with van der Waals surface area (Å²) in [5.41, 5.74) is 9.01.